The Balaban J connectivity index is 1.64. The van der Waals surface area contributed by atoms with E-state index in [1.807, 2.05) is 24.1 Å². The fourth-order valence-corrected chi connectivity index (χ4v) is 2.70. The highest BCUT2D eigenvalue weighted by Crippen LogP contribution is 2.15. The van der Waals surface area contributed by atoms with Gasteiger partial charge in [0.25, 0.3) is 0 Å². The minimum atomic E-state index is 0.157. The van der Waals surface area contributed by atoms with Crippen LogP contribution in [0.15, 0.2) is 24.3 Å². The van der Waals surface area contributed by atoms with Gasteiger partial charge in [0.1, 0.15) is 5.75 Å². The van der Waals surface area contributed by atoms with Crippen molar-refractivity contribution >= 4 is 5.91 Å². The van der Waals surface area contributed by atoms with Crippen LogP contribution in [-0.2, 0) is 4.79 Å². The predicted octanol–water partition coefficient (Wildman–Crippen LogP) is 2.32. The average molecular weight is 290 g/mol. The van der Waals surface area contributed by atoms with Crippen molar-refractivity contribution in [1.29, 1.82) is 0 Å². The molecule has 4 nitrogen and oxygen atoms in total. The summed E-state index contributed by atoms with van der Waals surface area (Å²) in [5.74, 6) is 1.10. The SMILES string of the molecule is CC(=O)N(C)C1CCN(CCCOc2ccc(C)cc2)C1. The molecule has 21 heavy (non-hydrogen) atoms. The largest absolute Gasteiger partial charge is 0.494 e. The number of carbonyl (C=O) groups is 1. The number of ether oxygens (including phenoxy) is 1. The van der Waals surface area contributed by atoms with Gasteiger partial charge in [0.05, 0.1) is 6.61 Å². The molecule has 1 heterocycles. The number of carbonyl (C=O) groups excluding carboxylic acids is 1. The zero-order chi connectivity index (χ0) is 15.2. The molecule has 1 saturated heterocycles. The molecule has 0 N–H and O–H groups in total. The van der Waals surface area contributed by atoms with Gasteiger partial charge in [-0.25, -0.2) is 0 Å². The molecule has 0 aromatic heterocycles. The third kappa shape index (κ3) is 4.74. The maximum Gasteiger partial charge on any atom is 0.219 e. The maximum absolute atomic E-state index is 11.4. The lowest BCUT2D eigenvalue weighted by Gasteiger charge is -2.23. The highest BCUT2D eigenvalue weighted by Gasteiger charge is 2.26. The van der Waals surface area contributed by atoms with Crippen LogP contribution in [0, 0.1) is 6.92 Å². The van der Waals surface area contributed by atoms with E-state index in [2.05, 4.69) is 24.0 Å². The van der Waals surface area contributed by atoms with Gasteiger partial charge in [0.2, 0.25) is 5.91 Å². The number of likely N-dealkylation sites (tertiary alicyclic amines) is 1. The second kappa shape index (κ2) is 7.46. The number of amides is 1. The molecule has 1 unspecified atom stereocenters. The van der Waals surface area contributed by atoms with Crippen molar-refractivity contribution in [1.82, 2.24) is 9.80 Å². The summed E-state index contributed by atoms with van der Waals surface area (Å²) in [7, 11) is 1.90. The van der Waals surface area contributed by atoms with Crippen LogP contribution in [0.2, 0.25) is 0 Å². The number of aryl methyl sites for hydroxylation is 1. The second-order valence-corrected chi connectivity index (χ2v) is 5.89. The number of nitrogens with zero attached hydrogens (tertiary/aromatic N) is 2. The Bertz CT molecular complexity index is 458. The lowest BCUT2D eigenvalue weighted by atomic mass is 10.2. The van der Waals surface area contributed by atoms with E-state index in [1.54, 1.807) is 6.92 Å². The van der Waals surface area contributed by atoms with Gasteiger partial charge in [-0.1, -0.05) is 17.7 Å². The molecule has 0 radical (unpaired) electrons. The van der Waals surface area contributed by atoms with Gasteiger partial charge >= 0.3 is 0 Å². The summed E-state index contributed by atoms with van der Waals surface area (Å²) in [6.45, 7) is 7.55. The van der Waals surface area contributed by atoms with E-state index in [1.165, 1.54) is 5.56 Å². The molecule has 0 bridgehead atoms. The van der Waals surface area contributed by atoms with E-state index in [0.717, 1.165) is 44.8 Å². The monoisotopic (exact) mass is 290 g/mol. The Morgan fingerprint density at radius 2 is 2.10 bits per heavy atom. The Kier molecular flexibility index (Phi) is 5.62. The van der Waals surface area contributed by atoms with E-state index >= 15 is 0 Å². The fraction of sp³-hybridized carbons (Fsp3) is 0.588. The Morgan fingerprint density at radius 1 is 1.38 bits per heavy atom. The predicted molar refractivity (Wildman–Crippen MR) is 84.6 cm³/mol. The summed E-state index contributed by atoms with van der Waals surface area (Å²) in [5, 5.41) is 0. The quantitative estimate of drug-likeness (QED) is 0.754. The third-order valence-electron chi connectivity index (χ3n) is 4.20. The number of hydrogen-bond acceptors (Lipinski definition) is 3. The molecule has 1 aliphatic heterocycles. The first kappa shape index (κ1) is 15.8. The van der Waals surface area contributed by atoms with Crippen molar-refractivity contribution in [2.75, 3.05) is 33.3 Å². The first-order valence-electron chi connectivity index (χ1n) is 7.71. The number of rotatable bonds is 6. The molecule has 116 valence electrons. The van der Waals surface area contributed by atoms with Gasteiger partial charge in [0.15, 0.2) is 0 Å². The third-order valence-corrected chi connectivity index (χ3v) is 4.20. The maximum atomic E-state index is 11.4. The minimum absolute atomic E-state index is 0.157. The van der Waals surface area contributed by atoms with Crippen molar-refractivity contribution < 1.29 is 9.53 Å². The number of likely N-dealkylation sites (N-methyl/N-ethyl adjacent to an activating group) is 1. The topological polar surface area (TPSA) is 32.8 Å². The number of hydrogen-bond donors (Lipinski definition) is 0. The number of benzene rings is 1. The molecular formula is C17H26N2O2. The Labute approximate surface area is 127 Å². The summed E-state index contributed by atoms with van der Waals surface area (Å²) >= 11 is 0. The molecular weight excluding hydrogens is 264 g/mol. The van der Waals surface area contributed by atoms with Crippen LogP contribution >= 0.6 is 0 Å². The summed E-state index contributed by atoms with van der Waals surface area (Å²) < 4.78 is 5.74. The molecule has 1 aromatic carbocycles. The molecule has 1 aliphatic rings. The molecule has 0 spiro atoms. The lowest BCUT2D eigenvalue weighted by Crippen LogP contribution is -2.37. The van der Waals surface area contributed by atoms with Crippen LogP contribution < -0.4 is 4.74 Å². The van der Waals surface area contributed by atoms with Gasteiger partial charge in [-0.2, -0.15) is 0 Å². The van der Waals surface area contributed by atoms with Crippen molar-refractivity contribution in [3.8, 4) is 5.75 Å². The highest BCUT2D eigenvalue weighted by atomic mass is 16.5. The van der Waals surface area contributed by atoms with Crippen LogP contribution in [0.1, 0.15) is 25.3 Å². The molecule has 0 aliphatic carbocycles. The fourth-order valence-electron chi connectivity index (χ4n) is 2.70. The zero-order valence-electron chi connectivity index (χ0n) is 13.3. The van der Waals surface area contributed by atoms with Crippen molar-refractivity contribution in [2.24, 2.45) is 0 Å². The molecule has 1 aromatic rings. The van der Waals surface area contributed by atoms with E-state index in [9.17, 15) is 4.79 Å². The summed E-state index contributed by atoms with van der Waals surface area (Å²) in [5.41, 5.74) is 1.25. The van der Waals surface area contributed by atoms with Gasteiger partial charge in [-0.3, -0.25) is 4.79 Å². The second-order valence-electron chi connectivity index (χ2n) is 5.89. The molecule has 4 heteroatoms. The smallest absolute Gasteiger partial charge is 0.219 e. The van der Waals surface area contributed by atoms with E-state index in [4.69, 9.17) is 4.74 Å². The van der Waals surface area contributed by atoms with Crippen molar-refractivity contribution in [2.45, 2.75) is 32.7 Å². The summed E-state index contributed by atoms with van der Waals surface area (Å²) in [6.07, 6.45) is 2.10. The van der Waals surface area contributed by atoms with E-state index < -0.39 is 0 Å². The van der Waals surface area contributed by atoms with Crippen LogP contribution in [0.3, 0.4) is 0 Å². The normalized spacial score (nSPS) is 18.7. The van der Waals surface area contributed by atoms with Gasteiger partial charge in [-0.05, 0) is 31.9 Å². The molecule has 1 amide bonds. The Morgan fingerprint density at radius 3 is 2.76 bits per heavy atom. The lowest BCUT2D eigenvalue weighted by molar-refractivity contribution is -0.129. The summed E-state index contributed by atoms with van der Waals surface area (Å²) in [6, 6.07) is 8.54. The van der Waals surface area contributed by atoms with Crippen LogP contribution in [0.25, 0.3) is 0 Å². The Hall–Kier alpha value is -1.55. The van der Waals surface area contributed by atoms with Gasteiger partial charge < -0.3 is 14.5 Å². The molecule has 1 atom stereocenters. The van der Waals surface area contributed by atoms with E-state index in [-0.39, 0.29) is 5.91 Å². The molecule has 0 saturated carbocycles. The van der Waals surface area contributed by atoms with Crippen molar-refractivity contribution in [3.05, 3.63) is 29.8 Å². The molecule has 2 rings (SSSR count). The minimum Gasteiger partial charge on any atom is -0.494 e. The van der Waals surface area contributed by atoms with Gasteiger partial charge in [-0.15, -0.1) is 0 Å². The first-order chi connectivity index (χ1) is 10.1. The standard InChI is InChI=1S/C17H26N2O2/c1-14-5-7-17(8-6-14)21-12-4-10-19-11-9-16(13-19)18(3)15(2)20/h5-8,16H,4,9-13H2,1-3H3. The molecule has 1 fully saturated rings. The average Bonchev–Trinajstić information content (AvgIpc) is 2.93. The highest BCUT2D eigenvalue weighted by molar-refractivity contribution is 5.73. The van der Waals surface area contributed by atoms with E-state index in [0.29, 0.717) is 6.04 Å². The zero-order valence-corrected chi connectivity index (χ0v) is 13.3. The first-order valence-corrected chi connectivity index (χ1v) is 7.71. The van der Waals surface area contributed by atoms with Crippen LogP contribution in [-0.4, -0.2) is 55.0 Å². The van der Waals surface area contributed by atoms with Gasteiger partial charge in [0, 0.05) is 39.6 Å². The van der Waals surface area contributed by atoms with Crippen LogP contribution in [0.5, 0.6) is 5.75 Å². The van der Waals surface area contributed by atoms with Crippen molar-refractivity contribution in [3.63, 3.8) is 0 Å². The summed E-state index contributed by atoms with van der Waals surface area (Å²) in [4.78, 5) is 15.6. The van der Waals surface area contributed by atoms with Crippen LogP contribution in [0.4, 0.5) is 0 Å².